The quantitative estimate of drug-likeness (QED) is 0.356. The van der Waals surface area contributed by atoms with Gasteiger partial charge in [0, 0.05) is 17.8 Å². The highest BCUT2D eigenvalue weighted by Gasteiger charge is 2.04. The van der Waals surface area contributed by atoms with Gasteiger partial charge in [0.2, 0.25) is 0 Å². The number of hydrogen-bond acceptors (Lipinski definition) is 3. The number of halogens is 1. The van der Waals surface area contributed by atoms with Crippen molar-refractivity contribution in [1.29, 1.82) is 0 Å². The Bertz CT molecular complexity index is 717. The predicted octanol–water partition coefficient (Wildman–Crippen LogP) is 2.99. The van der Waals surface area contributed by atoms with Crippen molar-refractivity contribution in [3.63, 3.8) is 0 Å². The Labute approximate surface area is 164 Å². The molecule has 0 saturated carbocycles. The molecule has 0 aromatic heterocycles. The van der Waals surface area contributed by atoms with Crippen molar-refractivity contribution in [3.8, 4) is 5.75 Å². The van der Waals surface area contributed by atoms with E-state index in [9.17, 15) is 4.79 Å². The molecular formula is C18H23IN4O2. The number of nitrogens with one attached hydrogen (secondary N) is 2. The standard InChI is InChI=1S/C18H22N4O2.HI/c1-3-20-17(23)14-6-4-5-13(11-14)12-21-18(19)22-15-7-9-16(24-2)10-8-15;/h4-11H,3,12H2,1-2H3,(H,20,23)(H3,19,21,22);1H. The van der Waals surface area contributed by atoms with Crippen LogP contribution in [0.25, 0.3) is 0 Å². The molecule has 7 heteroatoms. The molecule has 0 aliphatic carbocycles. The minimum absolute atomic E-state index is 0. The van der Waals surface area contributed by atoms with Gasteiger partial charge in [-0.3, -0.25) is 4.79 Å². The van der Waals surface area contributed by atoms with Crippen LogP contribution in [0.4, 0.5) is 5.69 Å². The number of hydrogen-bond donors (Lipinski definition) is 3. The average Bonchev–Trinajstić information content (AvgIpc) is 2.61. The second-order valence-electron chi connectivity index (χ2n) is 5.11. The Hall–Kier alpha value is -2.29. The number of ether oxygens (including phenoxy) is 1. The lowest BCUT2D eigenvalue weighted by Crippen LogP contribution is -2.23. The molecule has 0 spiro atoms. The molecule has 0 unspecified atom stereocenters. The number of aliphatic imine (C=N–C) groups is 1. The normalized spacial score (nSPS) is 10.6. The summed E-state index contributed by atoms with van der Waals surface area (Å²) in [6, 6.07) is 14.7. The highest BCUT2D eigenvalue weighted by molar-refractivity contribution is 14.0. The fourth-order valence-corrected chi connectivity index (χ4v) is 2.11. The molecule has 134 valence electrons. The number of amides is 1. The number of methoxy groups -OCH3 is 1. The highest BCUT2D eigenvalue weighted by Crippen LogP contribution is 2.14. The number of rotatable bonds is 6. The van der Waals surface area contributed by atoms with Crippen LogP contribution in [-0.2, 0) is 6.54 Å². The summed E-state index contributed by atoms with van der Waals surface area (Å²) in [5.74, 6) is 0.995. The Morgan fingerprint density at radius 1 is 1.20 bits per heavy atom. The van der Waals surface area contributed by atoms with Gasteiger partial charge in [0.1, 0.15) is 5.75 Å². The van der Waals surface area contributed by atoms with Crippen LogP contribution in [-0.4, -0.2) is 25.5 Å². The van der Waals surface area contributed by atoms with Gasteiger partial charge in [-0.15, -0.1) is 24.0 Å². The van der Waals surface area contributed by atoms with Crippen LogP contribution < -0.4 is 21.1 Å². The Kier molecular flexibility index (Phi) is 8.76. The fraction of sp³-hybridized carbons (Fsp3) is 0.222. The Morgan fingerprint density at radius 2 is 1.92 bits per heavy atom. The molecule has 2 rings (SSSR count). The maximum atomic E-state index is 11.8. The van der Waals surface area contributed by atoms with Crippen LogP contribution in [0, 0.1) is 0 Å². The third-order valence-corrected chi connectivity index (χ3v) is 3.32. The molecule has 0 atom stereocenters. The molecule has 0 saturated heterocycles. The van der Waals surface area contributed by atoms with Gasteiger partial charge in [0.25, 0.3) is 5.91 Å². The van der Waals surface area contributed by atoms with Crippen molar-refractivity contribution in [2.24, 2.45) is 10.7 Å². The summed E-state index contributed by atoms with van der Waals surface area (Å²) in [5.41, 5.74) is 8.26. The molecule has 6 nitrogen and oxygen atoms in total. The first-order chi connectivity index (χ1) is 11.6. The van der Waals surface area contributed by atoms with Gasteiger partial charge in [0.15, 0.2) is 5.96 Å². The van der Waals surface area contributed by atoms with E-state index < -0.39 is 0 Å². The molecule has 25 heavy (non-hydrogen) atoms. The highest BCUT2D eigenvalue weighted by atomic mass is 127. The predicted molar refractivity (Wildman–Crippen MR) is 112 cm³/mol. The largest absolute Gasteiger partial charge is 0.497 e. The number of nitrogens with zero attached hydrogens (tertiary/aromatic N) is 1. The Morgan fingerprint density at radius 3 is 2.56 bits per heavy atom. The van der Waals surface area contributed by atoms with Crippen LogP contribution in [0.3, 0.4) is 0 Å². The molecule has 0 bridgehead atoms. The molecule has 2 aromatic carbocycles. The van der Waals surface area contributed by atoms with E-state index in [1.807, 2.05) is 49.4 Å². The number of anilines is 1. The van der Waals surface area contributed by atoms with E-state index in [2.05, 4.69) is 15.6 Å². The third kappa shape index (κ3) is 6.61. The van der Waals surface area contributed by atoms with Crippen molar-refractivity contribution < 1.29 is 9.53 Å². The van der Waals surface area contributed by atoms with Gasteiger partial charge < -0.3 is 21.1 Å². The maximum Gasteiger partial charge on any atom is 0.251 e. The van der Waals surface area contributed by atoms with Crippen molar-refractivity contribution in [2.75, 3.05) is 19.0 Å². The molecule has 4 N–H and O–H groups in total. The minimum atomic E-state index is -0.0901. The summed E-state index contributed by atoms with van der Waals surface area (Å²) in [5, 5.41) is 5.79. The van der Waals surface area contributed by atoms with Gasteiger partial charge in [0.05, 0.1) is 13.7 Å². The van der Waals surface area contributed by atoms with Crippen molar-refractivity contribution in [3.05, 3.63) is 59.7 Å². The summed E-state index contributed by atoms with van der Waals surface area (Å²) in [6.45, 7) is 2.87. The smallest absolute Gasteiger partial charge is 0.251 e. The van der Waals surface area contributed by atoms with E-state index in [1.165, 1.54) is 0 Å². The number of guanidine groups is 1. The summed E-state index contributed by atoms with van der Waals surface area (Å²) in [7, 11) is 1.62. The number of nitrogens with two attached hydrogens (primary N) is 1. The van der Waals surface area contributed by atoms with Crippen LogP contribution >= 0.6 is 24.0 Å². The SMILES string of the molecule is CCNC(=O)c1cccc(CN=C(N)Nc2ccc(OC)cc2)c1.I. The zero-order valence-electron chi connectivity index (χ0n) is 14.3. The zero-order chi connectivity index (χ0) is 17.4. The minimum Gasteiger partial charge on any atom is -0.497 e. The van der Waals surface area contributed by atoms with Crippen LogP contribution in [0.5, 0.6) is 5.75 Å². The lowest BCUT2D eigenvalue weighted by molar-refractivity contribution is 0.0955. The van der Waals surface area contributed by atoms with E-state index in [0.29, 0.717) is 24.6 Å². The van der Waals surface area contributed by atoms with Gasteiger partial charge in [-0.25, -0.2) is 4.99 Å². The lowest BCUT2D eigenvalue weighted by atomic mass is 10.1. The summed E-state index contributed by atoms with van der Waals surface area (Å²) in [4.78, 5) is 16.1. The topological polar surface area (TPSA) is 88.7 Å². The van der Waals surface area contributed by atoms with Crippen molar-refractivity contribution in [2.45, 2.75) is 13.5 Å². The van der Waals surface area contributed by atoms with E-state index >= 15 is 0 Å². The van der Waals surface area contributed by atoms with Gasteiger partial charge in [-0.1, -0.05) is 12.1 Å². The fourth-order valence-electron chi connectivity index (χ4n) is 2.11. The molecule has 0 heterocycles. The summed E-state index contributed by atoms with van der Waals surface area (Å²) < 4.78 is 5.11. The van der Waals surface area contributed by atoms with Crippen molar-refractivity contribution in [1.82, 2.24) is 5.32 Å². The maximum absolute atomic E-state index is 11.8. The monoisotopic (exact) mass is 454 g/mol. The van der Waals surface area contributed by atoms with Crippen LogP contribution in [0.2, 0.25) is 0 Å². The number of carbonyl (C=O) groups excluding carboxylic acids is 1. The average molecular weight is 454 g/mol. The first kappa shape index (κ1) is 20.8. The molecule has 0 radical (unpaired) electrons. The first-order valence-electron chi connectivity index (χ1n) is 7.70. The Balaban J connectivity index is 0.00000312. The zero-order valence-corrected chi connectivity index (χ0v) is 16.6. The molecule has 0 aliphatic rings. The number of benzene rings is 2. The molecular weight excluding hydrogens is 431 g/mol. The van der Waals surface area contributed by atoms with Crippen LogP contribution in [0.1, 0.15) is 22.8 Å². The van der Waals surface area contributed by atoms with Crippen LogP contribution in [0.15, 0.2) is 53.5 Å². The van der Waals surface area contributed by atoms with E-state index in [0.717, 1.165) is 17.0 Å². The molecule has 0 fully saturated rings. The van der Waals surface area contributed by atoms with Gasteiger partial charge >= 0.3 is 0 Å². The molecule has 1 amide bonds. The van der Waals surface area contributed by atoms with Crippen molar-refractivity contribution >= 4 is 41.5 Å². The van der Waals surface area contributed by atoms with Gasteiger partial charge in [-0.05, 0) is 48.9 Å². The second kappa shape index (κ2) is 10.5. The third-order valence-electron chi connectivity index (χ3n) is 3.32. The lowest BCUT2D eigenvalue weighted by Gasteiger charge is -2.07. The van der Waals surface area contributed by atoms with E-state index in [-0.39, 0.29) is 29.9 Å². The second-order valence-corrected chi connectivity index (χ2v) is 5.11. The molecule has 2 aromatic rings. The summed E-state index contributed by atoms with van der Waals surface area (Å²) >= 11 is 0. The van der Waals surface area contributed by atoms with Gasteiger partial charge in [-0.2, -0.15) is 0 Å². The molecule has 0 aliphatic heterocycles. The summed E-state index contributed by atoms with van der Waals surface area (Å²) in [6.07, 6.45) is 0. The van der Waals surface area contributed by atoms with E-state index in [4.69, 9.17) is 10.5 Å². The number of carbonyl (C=O) groups is 1. The van der Waals surface area contributed by atoms with E-state index in [1.54, 1.807) is 13.2 Å². The first-order valence-corrected chi connectivity index (χ1v) is 7.70.